The molecule has 1 saturated heterocycles. The Hall–Kier alpha value is -2.61. The molecule has 0 aliphatic carbocycles. The van der Waals surface area contributed by atoms with Crippen LogP contribution >= 0.6 is 11.3 Å². The smallest absolute Gasteiger partial charge is 0.339 e. The van der Waals surface area contributed by atoms with Crippen molar-refractivity contribution in [2.75, 3.05) is 26.2 Å². The highest BCUT2D eigenvalue weighted by Crippen LogP contribution is 2.21. The van der Waals surface area contributed by atoms with E-state index in [1.807, 2.05) is 19.1 Å². The third kappa shape index (κ3) is 3.50. The zero-order chi connectivity index (χ0) is 18.8. The molecule has 0 atom stereocenters. The van der Waals surface area contributed by atoms with Crippen molar-refractivity contribution in [2.24, 2.45) is 0 Å². The second-order valence-electron chi connectivity index (χ2n) is 6.10. The number of thiophene rings is 1. The van der Waals surface area contributed by atoms with Crippen molar-refractivity contribution in [1.82, 2.24) is 9.80 Å². The first-order valence-corrected chi connectivity index (χ1v) is 9.23. The van der Waals surface area contributed by atoms with Gasteiger partial charge in [0, 0.05) is 43.5 Å². The van der Waals surface area contributed by atoms with E-state index in [2.05, 4.69) is 0 Å². The average molecular weight is 376 g/mol. The van der Waals surface area contributed by atoms with Gasteiger partial charge in [-0.15, -0.1) is 11.3 Å². The largest absolute Gasteiger partial charge is 0.478 e. The number of carboxylic acids is 1. The molecule has 0 saturated carbocycles. The summed E-state index contributed by atoms with van der Waals surface area (Å²) in [6.07, 6.45) is 0.400. The third-order valence-electron chi connectivity index (χ3n) is 4.38. The molecule has 2 aromatic rings. The lowest BCUT2D eigenvalue weighted by Gasteiger charge is -2.34. The Labute approximate surface area is 154 Å². The van der Waals surface area contributed by atoms with Crippen molar-refractivity contribution in [2.45, 2.75) is 20.3 Å². The van der Waals surface area contributed by atoms with E-state index in [0.717, 1.165) is 4.88 Å². The number of hydrogen-bond donors (Lipinski definition) is 1. The SMILES string of the molecule is CCc1oc(C(=O)N2CCN(C(=O)c3ccc(C)s3)CC2)cc1C(=O)O. The number of aryl methyl sites for hydroxylation is 2. The van der Waals surface area contributed by atoms with E-state index >= 15 is 0 Å². The van der Waals surface area contributed by atoms with Crippen molar-refractivity contribution < 1.29 is 23.9 Å². The summed E-state index contributed by atoms with van der Waals surface area (Å²) in [4.78, 5) is 41.4. The summed E-state index contributed by atoms with van der Waals surface area (Å²) in [6, 6.07) is 5.03. The van der Waals surface area contributed by atoms with Gasteiger partial charge in [0.2, 0.25) is 0 Å². The molecule has 3 rings (SSSR count). The number of amides is 2. The maximum Gasteiger partial charge on any atom is 0.339 e. The minimum atomic E-state index is -1.11. The number of carboxylic acid groups (broad SMARTS) is 1. The van der Waals surface area contributed by atoms with Crippen LogP contribution in [0.15, 0.2) is 22.6 Å². The lowest BCUT2D eigenvalue weighted by molar-refractivity contribution is 0.0519. The van der Waals surface area contributed by atoms with Gasteiger partial charge in [0.25, 0.3) is 11.8 Å². The molecule has 7 nitrogen and oxygen atoms in total. The summed E-state index contributed by atoms with van der Waals surface area (Å²) < 4.78 is 5.44. The number of piperazine rings is 1. The minimum Gasteiger partial charge on any atom is -0.478 e. The highest BCUT2D eigenvalue weighted by atomic mass is 32.1. The number of rotatable bonds is 4. The number of furan rings is 1. The predicted octanol–water partition coefficient (Wildman–Crippen LogP) is 2.51. The molecule has 1 N–H and O–H groups in total. The lowest BCUT2D eigenvalue weighted by Crippen LogP contribution is -2.50. The van der Waals surface area contributed by atoms with E-state index in [9.17, 15) is 19.5 Å². The summed E-state index contributed by atoms with van der Waals surface area (Å²) in [5, 5.41) is 9.18. The number of carbonyl (C=O) groups excluding carboxylic acids is 2. The maximum atomic E-state index is 12.6. The molecule has 0 bridgehead atoms. The van der Waals surface area contributed by atoms with Crippen LogP contribution in [0.4, 0.5) is 0 Å². The zero-order valence-electron chi connectivity index (χ0n) is 14.7. The van der Waals surface area contributed by atoms with Gasteiger partial charge >= 0.3 is 5.97 Å². The first-order valence-electron chi connectivity index (χ1n) is 8.41. The van der Waals surface area contributed by atoms with Crippen LogP contribution in [-0.2, 0) is 6.42 Å². The van der Waals surface area contributed by atoms with Crippen molar-refractivity contribution in [3.8, 4) is 0 Å². The second kappa shape index (κ2) is 7.33. The first-order chi connectivity index (χ1) is 12.4. The van der Waals surface area contributed by atoms with Crippen molar-refractivity contribution in [3.05, 3.63) is 45.0 Å². The van der Waals surface area contributed by atoms with Gasteiger partial charge in [-0.3, -0.25) is 9.59 Å². The second-order valence-corrected chi connectivity index (χ2v) is 7.39. The first kappa shape index (κ1) is 18.2. The Bertz CT molecular complexity index is 846. The molecule has 2 amide bonds. The molecule has 1 aliphatic heterocycles. The highest BCUT2D eigenvalue weighted by molar-refractivity contribution is 7.13. The van der Waals surface area contributed by atoms with Crippen LogP contribution in [0.25, 0.3) is 0 Å². The van der Waals surface area contributed by atoms with Gasteiger partial charge in [0.15, 0.2) is 5.76 Å². The van der Waals surface area contributed by atoms with Gasteiger partial charge in [-0.25, -0.2) is 4.79 Å². The molecular formula is C18H20N2O5S. The summed E-state index contributed by atoms with van der Waals surface area (Å²) in [5.74, 6) is -1.14. The van der Waals surface area contributed by atoms with Gasteiger partial charge in [-0.2, -0.15) is 0 Å². The van der Waals surface area contributed by atoms with Crippen LogP contribution in [0.5, 0.6) is 0 Å². The molecule has 8 heteroatoms. The van der Waals surface area contributed by atoms with E-state index in [0.29, 0.717) is 43.2 Å². The average Bonchev–Trinajstić information content (AvgIpc) is 3.27. The Morgan fingerprint density at radius 2 is 1.73 bits per heavy atom. The van der Waals surface area contributed by atoms with Crippen LogP contribution in [-0.4, -0.2) is 58.9 Å². The standard InChI is InChI=1S/C18H20N2O5S/c1-3-13-12(18(23)24)10-14(25-13)16(21)19-6-8-20(9-7-19)17(22)15-5-4-11(2)26-15/h4-5,10H,3,6-9H2,1-2H3,(H,23,24). The van der Waals surface area contributed by atoms with Gasteiger partial charge in [0.1, 0.15) is 11.3 Å². The number of carbonyl (C=O) groups is 3. The van der Waals surface area contributed by atoms with E-state index in [1.54, 1.807) is 16.7 Å². The predicted molar refractivity (Wildman–Crippen MR) is 95.9 cm³/mol. The zero-order valence-corrected chi connectivity index (χ0v) is 15.5. The van der Waals surface area contributed by atoms with Gasteiger partial charge in [-0.05, 0) is 19.1 Å². The van der Waals surface area contributed by atoms with E-state index < -0.39 is 5.97 Å². The monoisotopic (exact) mass is 376 g/mol. The van der Waals surface area contributed by atoms with Crippen LogP contribution in [0.2, 0.25) is 0 Å². The molecule has 3 heterocycles. The molecule has 138 valence electrons. The number of hydrogen-bond acceptors (Lipinski definition) is 5. The Kier molecular flexibility index (Phi) is 5.13. The van der Waals surface area contributed by atoms with E-state index in [1.165, 1.54) is 17.4 Å². The summed E-state index contributed by atoms with van der Waals surface area (Å²) in [6.45, 7) is 5.38. The lowest BCUT2D eigenvalue weighted by atomic mass is 10.2. The van der Waals surface area contributed by atoms with Gasteiger partial charge < -0.3 is 19.3 Å². The normalized spacial score (nSPS) is 14.5. The molecule has 2 aromatic heterocycles. The molecule has 0 radical (unpaired) electrons. The maximum absolute atomic E-state index is 12.6. The summed E-state index contributed by atoms with van der Waals surface area (Å²) in [7, 11) is 0. The third-order valence-corrected chi connectivity index (χ3v) is 5.37. The van der Waals surface area contributed by atoms with Crippen molar-refractivity contribution >= 4 is 29.1 Å². The molecule has 0 unspecified atom stereocenters. The van der Waals surface area contributed by atoms with Crippen LogP contribution < -0.4 is 0 Å². The Balaban J connectivity index is 1.65. The molecule has 0 aromatic carbocycles. The quantitative estimate of drug-likeness (QED) is 0.885. The van der Waals surface area contributed by atoms with Crippen molar-refractivity contribution in [3.63, 3.8) is 0 Å². The fourth-order valence-corrected chi connectivity index (χ4v) is 3.79. The highest BCUT2D eigenvalue weighted by Gasteiger charge is 2.29. The molecule has 1 aliphatic rings. The molecular weight excluding hydrogens is 356 g/mol. The van der Waals surface area contributed by atoms with E-state index in [4.69, 9.17) is 4.42 Å². The van der Waals surface area contributed by atoms with Crippen LogP contribution in [0.3, 0.4) is 0 Å². The fourth-order valence-electron chi connectivity index (χ4n) is 2.95. The molecule has 0 spiro atoms. The summed E-state index contributed by atoms with van der Waals surface area (Å²) in [5.41, 5.74) is 0.0257. The Morgan fingerprint density at radius 3 is 2.19 bits per heavy atom. The topological polar surface area (TPSA) is 91.1 Å². The minimum absolute atomic E-state index is 0.0189. The van der Waals surface area contributed by atoms with Crippen molar-refractivity contribution in [1.29, 1.82) is 0 Å². The van der Waals surface area contributed by atoms with Gasteiger partial charge in [0.05, 0.1) is 4.88 Å². The molecule has 1 fully saturated rings. The van der Waals surface area contributed by atoms with Crippen LogP contribution in [0.1, 0.15) is 48.1 Å². The van der Waals surface area contributed by atoms with Crippen LogP contribution in [0, 0.1) is 6.92 Å². The summed E-state index contributed by atoms with van der Waals surface area (Å²) >= 11 is 1.46. The van der Waals surface area contributed by atoms with Gasteiger partial charge in [-0.1, -0.05) is 6.92 Å². The van der Waals surface area contributed by atoms with E-state index in [-0.39, 0.29) is 23.1 Å². The molecule has 26 heavy (non-hydrogen) atoms. The fraction of sp³-hybridized carbons (Fsp3) is 0.389. The number of nitrogens with zero attached hydrogens (tertiary/aromatic N) is 2. The Morgan fingerprint density at radius 1 is 1.12 bits per heavy atom. The number of aromatic carboxylic acids is 1.